The van der Waals surface area contributed by atoms with Crippen LogP contribution in [0.4, 0.5) is 16.2 Å². The number of ether oxygens (including phenoxy) is 1. The second-order valence-electron chi connectivity index (χ2n) is 4.42. The van der Waals surface area contributed by atoms with E-state index < -0.39 is 0 Å². The Morgan fingerprint density at radius 2 is 1.81 bits per heavy atom. The first-order valence-corrected chi connectivity index (χ1v) is 6.42. The number of nitriles is 1. The topological polar surface area (TPSA) is 74.2 Å². The molecule has 0 radical (unpaired) electrons. The summed E-state index contributed by atoms with van der Waals surface area (Å²) in [5.74, 6) is 0.532. The van der Waals surface area contributed by atoms with Crippen molar-refractivity contribution in [1.82, 2.24) is 0 Å². The SMILES string of the molecule is Cc1cccc(NC(=O)Nc2cccc(OCC#N)c2)c1. The Hall–Kier alpha value is -3.00. The Morgan fingerprint density at radius 1 is 1.14 bits per heavy atom. The molecule has 0 bridgehead atoms. The summed E-state index contributed by atoms with van der Waals surface area (Å²) in [7, 11) is 0. The van der Waals surface area contributed by atoms with Gasteiger partial charge in [0.05, 0.1) is 0 Å². The summed E-state index contributed by atoms with van der Waals surface area (Å²) in [5.41, 5.74) is 2.39. The van der Waals surface area contributed by atoms with Gasteiger partial charge in [0.1, 0.15) is 11.8 Å². The molecule has 5 nitrogen and oxygen atoms in total. The minimum atomic E-state index is -0.335. The normalized spacial score (nSPS) is 9.52. The smallest absolute Gasteiger partial charge is 0.323 e. The first kappa shape index (κ1) is 14.4. The minimum absolute atomic E-state index is 0.0288. The molecule has 106 valence electrons. The molecule has 2 aromatic rings. The van der Waals surface area contributed by atoms with Crippen molar-refractivity contribution in [2.75, 3.05) is 17.2 Å². The van der Waals surface area contributed by atoms with Crippen LogP contribution in [0.2, 0.25) is 0 Å². The van der Waals surface area contributed by atoms with Crippen LogP contribution in [0.25, 0.3) is 0 Å². The second-order valence-corrected chi connectivity index (χ2v) is 4.42. The largest absolute Gasteiger partial charge is 0.479 e. The molecular weight excluding hydrogens is 266 g/mol. The van der Waals surface area contributed by atoms with Gasteiger partial charge in [-0.1, -0.05) is 18.2 Å². The number of carbonyl (C=O) groups excluding carboxylic acids is 1. The van der Waals surface area contributed by atoms with Crippen LogP contribution in [0.3, 0.4) is 0 Å². The molecule has 0 aliphatic heterocycles. The highest BCUT2D eigenvalue weighted by Gasteiger charge is 2.04. The summed E-state index contributed by atoms with van der Waals surface area (Å²) >= 11 is 0. The lowest BCUT2D eigenvalue weighted by molar-refractivity contribution is 0.262. The van der Waals surface area contributed by atoms with Gasteiger partial charge in [-0.3, -0.25) is 0 Å². The fraction of sp³-hybridized carbons (Fsp3) is 0.125. The quantitative estimate of drug-likeness (QED) is 0.900. The Morgan fingerprint density at radius 3 is 2.48 bits per heavy atom. The van der Waals surface area contributed by atoms with Crippen molar-refractivity contribution in [3.63, 3.8) is 0 Å². The number of urea groups is 1. The average Bonchev–Trinajstić information content (AvgIpc) is 2.45. The third kappa shape index (κ3) is 4.55. The molecule has 0 fully saturated rings. The molecule has 0 aromatic heterocycles. The van der Waals surface area contributed by atoms with E-state index in [9.17, 15) is 4.79 Å². The van der Waals surface area contributed by atoms with E-state index in [1.807, 2.05) is 37.3 Å². The summed E-state index contributed by atoms with van der Waals surface area (Å²) in [5, 5.41) is 13.9. The molecule has 0 aliphatic rings. The first-order chi connectivity index (χ1) is 10.2. The van der Waals surface area contributed by atoms with Crippen LogP contribution in [-0.4, -0.2) is 12.6 Å². The minimum Gasteiger partial charge on any atom is -0.479 e. The maximum atomic E-state index is 11.9. The fourth-order valence-electron chi connectivity index (χ4n) is 1.80. The fourth-order valence-corrected chi connectivity index (χ4v) is 1.80. The average molecular weight is 281 g/mol. The number of amides is 2. The number of anilines is 2. The van der Waals surface area contributed by atoms with Gasteiger partial charge < -0.3 is 15.4 Å². The lowest BCUT2D eigenvalue weighted by atomic mass is 10.2. The number of nitrogens with zero attached hydrogens (tertiary/aromatic N) is 1. The van der Waals surface area contributed by atoms with Gasteiger partial charge in [-0.2, -0.15) is 5.26 Å². The van der Waals surface area contributed by atoms with E-state index in [-0.39, 0.29) is 12.6 Å². The predicted octanol–water partition coefficient (Wildman–Crippen LogP) is 3.54. The zero-order chi connectivity index (χ0) is 15.1. The maximum Gasteiger partial charge on any atom is 0.323 e. The van der Waals surface area contributed by atoms with Gasteiger partial charge in [0.2, 0.25) is 0 Å². The van der Waals surface area contributed by atoms with Crippen LogP contribution < -0.4 is 15.4 Å². The van der Waals surface area contributed by atoms with Gasteiger partial charge in [0.25, 0.3) is 0 Å². The highest BCUT2D eigenvalue weighted by molar-refractivity contribution is 5.99. The molecule has 0 atom stereocenters. The van der Waals surface area contributed by atoms with Crippen molar-refractivity contribution in [3.05, 3.63) is 54.1 Å². The molecule has 0 heterocycles. The van der Waals surface area contributed by atoms with Crippen molar-refractivity contribution in [1.29, 1.82) is 5.26 Å². The predicted molar refractivity (Wildman–Crippen MR) is 81.4 cm³/mol. The van der Waals surface area contributed by atoms with E-state index in [1.54, 1.807) is 24.3 Å². The van der Waals surface area contributed by atoms with Crippen molar-refractivity contribution in [3.8, 4) is 11.8 Å². The summed E-state index contributed by atoms with van der Waals surface area (Å²) < 4.78 is 5.18. The van der Waals surface area contributed by atoms with Gasteiger partial charge in [0, 0.05) is 17.4 Å². The number of aryl methyl sites for hydroxylation is 1. The monoisotopic (exact) mass is 281 g/mol. The zero-order valence-electron chi connectivity index (χ0n) is 11.6. The maximum absolute atomic E-state index is 11.9. The molecular formula is C16H15N3O2. The number of hydrogen-bond donors (Lipinski definition) is 2. The molecule has 0 saturated heterocycles. The van der Waals surface area contributed by atoms with Gasteiger partial charge >= 0.3 is 6.03 Å². The molecule has 0 spiro atoms. The van der Waals surface area contributed by atoms with Crippen LogP contribution in [0.1, 0.15) is 5.56 Å². The van der Waals surface area contributed by atoms with Gasteiger partial charge in [-0.05, 0) is 36.8 Å². The number of benzene rings is 2. The Bertz CT molecular complexity index is 677. The molecule has 21 heavy (non-hydrogen) atoms. The highest BCUT2D eigenvalue weighted by atomic mass is 16.5. The number of nitrogens with one attached hydrogen (secondary N) is 2. The molecule has 0 aliphatic carbocycles. The summed E-state index contributed by atoms with van der Waals surface area (Å²) in [6.07, 6.45) is 0. The Labute approximate surface area is 123 Å². The first-order valence-electron chi connectivity index (χ1n) is 6.42. The second kappa shape index (κ2) is 6.96. The van der Waals surface area contributed by atoms with Gasteiger partial charge in [-0.25, -0.2) is 4.79 Å². The van der Waals surface area contributed by atoms with Gasteiger partial charge in [0.15, 0.2) is 6.61 Å². The molecule has 2 aromatic carbocycles. The van der Waals surface area contributed by atoms with Crippen LogP contribution in [0, 0.1) is 18.3 Å². The lowest BCUT2D eigenvalue weighted by Gasteiger charge is -2.09. The van der Waals surface area contributed by atoms with Crippen LogP contribution in [0.15, 0.2) is 48.5 Å². The Kier molecular flexibility index (Phi) is 4.78. The third-order valence-electron chi connectivity index (χ3n) is 2.67. The van der Waals surface area contributed by atoms with E-state index in [2.05, 4.69) is 10.6 Å². The van der Waals surface area contributed by atoms with E-state index in [1.165, 1.54) is 0 Å². The van der Waals surface area contributed by atoms with Crippen molar-refractivity contribution in [2.24, 2.45) is 0 Å². The summed E-state index contributed by atoms with van der Waals surface area (Å²) in [6.45, 7) is 1.93. The standard InChI is InChI=1S/C16H15N3O2/c1-12-4-2-5-13(10-12)18-16(20)19-14-6-3-7-15(11-14)21-9-8-17/h2-7,10-11H,9H2,1H3,(H2,18,19,20). The van der Waals surface area contributed by atoms with E-state index in [0.717, 1.165) is 11.3 Å². The zero-order valence-corrected chi connectivity index (χ0v) is 11.6. The van der Waals surface area contributed by atoms with Crippen molar-refractivity contribution in [2.45, 2.75) is 6.92 Å². The molecule has 2 rings (SSSR count). The number of carbonyl (C=O) groups is 1. The molecule has 2 amide bonds. The highest BCUT2D eigenvalue weighted by Crippen LogP contribution is 2.17. The molecule has 2 N–H and O–H groups in total. The molecule has 0 unspecified atom stereocenters. The lowest BCUT2D eigenvalue weighted by Crippen LogP contribution is -2.19. The van der Waals surface area contributed by atoms with Crippen LogP contribution >= 0.6 is 0 Å². The molecule has 0 saturated carbocycles. The van der Waals surface area contributed by atoms with E-state index in [4.69, 9.17) is 10.00 Å². The Balaban J connectivity index is 1.98. The number of hydrogen-bond acceptors (Lipinski definition) is 3. The third-order valence-corrected chi connectivity index (χ3v) is 2.67. The van der Waals surface area contributed by atoms with Crippen molar-refractivity contribution < 1.29 is 9.53 Å². The van der Waals surface area contributed by atoms with E-state index in [0.29, 0.717) is 11.4 Å². The summed E-state index contributed by atoms with van der Waals surface area (Å²) in [6, 6.07) is 16.0. The van der Waals surface area contributed by atoms with Crippen LogP contribution in [-0.2, 0) is 0 Å². The number of rotatable bonds is 4. The van der Waals surface area contributed by atoms with Crippen molar-refractivity contribution >= 4 is 17.4 Å². The molecule has 5 heteroatoms. The van der Waals surface area contributed by atoms with E-state index >= 15 is 0 Å². The van der Waals surface area contributed by atoms with Gasteiger partial charge in [-0.15, -0.1) is 0 Å². The summed E-state index contributed by atoms with van der Waals surface area (Å²) in [4.78, 5) is 11.9. The van der Waals surface area contributed by atoms with Crippen LogP contribution in [0.5, 0.6) is 5.75 Å².